The number of aryl methyl sites for hydroxylation is 2. The molecule has 0 fully saturated rings. The second-order valence-electron chi connectivity index (χ2n) is 4.24. The van der Waals surface area contributed by atoms with Gasteiger partial charge in [0, 0.05) is 12.6 Å². The normalized spacial score (nSPS) is 10.4. The van der Waals surface area contributed by atoms with E-state index in [1.54, 1.807) is 12.1 Å². The van der Waals surface area contributed by atoms with Crippen molar-refractivity contribution in [1.82, 2.24) is 9.78 Å². The number of nitrogens with one attached hydrogen (secondary N) is 1. The largest absolute Gasteiger partial charge is 0.506 e. The zero-order valence-electron chi connectivity index (χ0n) is 10.8. The highest BCUT2D eigenvalue weighted by molar-refractivity contribution is 6.04. The number of aromatic nitrogens is 2. The van der Waals surface area contributed by atoms with Crippen molar-refractivity contribution >= 4 is 17.4 Å². The van der Waals surface area contributed by atoms with Crippen LogP contribution in [0.4, 0.5) is 11.5 Å². The number of nitrogens with two attached hydrogens (primary N) is 1. The van der Waals surface area contributed by atoms with Crippen molar-refractivity contribution in [3.8, 4) is 5.75 Å². The Bertz CT molecular complexity index is 619. The van der Waals surface area contributed by atoms with E-state index in [1.807, 2.05) is 13.8 Å². The van der Waals surface area contributed by atoms with Crippen molar-refractivity contribution in [3.05, 3.63) is 35.5 Å². The van der Waals surface area contributed by atoms with Crippen LogP contribution in [0.25, 0.3) is 0 Å². The van der Waals surface area contributed by atoms with E-state index in [2.05, 4.69) is 10.4 Å². The number of phenols is 1. The molecule has 0 aliphatic carbocycles. The molecule has 0 bridgehead atoms. The van der Waals surface area contributed by atoms with Gasteiger partial charge in [0.15, 0.2) is 5.69 Å². The second-order valence-corrected chi connectivity index (χ2v) is 4.24. The van der Waals surface area contributed by atoms with E-state index in [4.69, 9.17) is 5.73 Å². The number of carbonyl (C=O) groups is 1. The molecule has 100 valence electrons. The monoisotopic (exact) mass is 260 g/mol. The van der Waals surface area contributed by atoms with Gasteiger partial charge in [-0.25, -0.2) is 4.68 Å². The first-order valence-corrected chi connectivity index (χ1v) is 5.95. The van der Waals surface area contributed by atoms with Crippen molar-refractivity contribution in [2.24, 2.45) is 0 Å². The minimum Gasteiger partial charge on any atom is -0.506 e. The molecule has 0 atom stereocenters. The fourth-order valence-corrected chi connectivity index (χ4v) is 1.73. The van der Waals surface area contributed by atoms with Crippen molar-refractivity contribution in [2.75, 3.05) is 11.1 Å². The fourth-order valence-electron chi connectivity index (χ4n) is 1.73. The molecule has 0 unspecified atom stereocenters. The first kappa shape index (κ1) is 12.9. The summed E-state index contributed by atoms with van der Waals surface area (Å²) in [5.74, 6) is 0.0442. The SMILES string of the molecule is CCn1nc(C(=O)Nc2cc(C)ccc2O)cc1N. The zero-order chi connectivity index (χ0) is 14.0. The molecular formula is C13H16N4O2. The molecule has 0 spiro atoms. The number of anilines is 2. The fraction of sp³-hybridized carbons (Fsp3) is 0.231. The van der Waals surface area contributed by atoms with E-state index in [-0.39, 0.29) is 11.4 Å². The third-order valence-electron chi connectivity index (χ3n) is 2.74. The molecular weight excluding hydrogens is 244 g/mol. The Balaban J connectivity index is 2.22. The van der Waals surface area contributed by atoms with Crippen molar-refractivity contribution in [2.45, 2.75) is 20.4 Å². The van der Waals surface area contributed by atoms with E-state index >= 15 is 0 Å². The van der Waals surface area contributed by atoms with Gasteiger partial charge in [-0.05, 0) is 31.5 Å². The average Bonchev–Trinajstić information content (AvgIpc) is 2.75. The lowest BCUT2D eigenvalue weighted by Crippen LogP contribution is -2.13. The molecule has 1 amide bonds. The summed E-state index contributed by atoms with van der Waals surface area (Å²) in [5, 5.41) is 16.4. The number of phenolic OH excluding ortho intramolecular Hbond substituents is 1. The van der Waals surface area contributed by atoms with Gasteiger partial charge in [-0.2, -0.15) is 5.10 Å². The first-order chi connectivity index (χ1) is 9.01. The van der Waals surface area contributed by atoms with Crippen molar-refractivity contribution < 1.29 is 9.90 Å². The summed E-state index contributed by atoms with van der Waals surface area (Å²) < 4.78 is 1.53. The summed E-state index contributed by atoms with van der Waals surface area (Å²) in [4.78, 5) is 12.0. The topological polar surface area (TPSA) is 93.2 Å². The summed E-state index contributed by atoms with van der Waals surface area (Å²) in [6, 6.07) is 6.48. The average molecular weight is 260 g/mol. The van der Waals surface area contributed by atoms with Gasteiger partial charge < -0.3 is 16.2 Å². The van der Waals surface area contributed by atoms with E-state index in [0.29, 0.717) is 18.1 Å². The summed E-state index contributed by atoms with van der Waals surface area (Å²) in [6.07, 6.45) is 0. The molecule has 2 rings (SSSR count). The maximum atomic E-state index is 12.0. The molecule has 0 saturated heterocycles. The minimum absolute atomic E-state index is 0.0156. The van der Waals surface area contributed by atoms with E-state index in [0.717, 1.165) is 5.56 Å². The van der Waals surface area contributed by atoms with Crippen LogP contribution in [0.2, 0.25) is 0 Å². The lowest BCUT2D eigenvalue weighted by atomic mass is 10.2. The van der Waals surface area contributed by atoms with Crippen LogP contribution < -0.4 is 11.1 Å². The molecule has 0 aliphatic rings. The van der Waals surface area contributed by atoms with Crippen LogP contribution >= 0.6 is 0 Å². The first-order valence-electron chi connectivity index (χ1n) is 5.95. The third kappa shape index (κ3) is 2.67. The molecule has 0 saturated carbocycles. The predicted molar refractivity (Wildman–Crippen MR) is 73.1 cm³/mol. The lowest BCUT2D eigenvalue weighted by molar-refractivity contribution is 0.102. The molecule has 1 heterocycles. The number of benzene rings is 1. The molecule has 2 aromatic rings. The van der Waals surface area contributed by atoms with Gasteiger partial charge in [-0.3, -0.25) is 4.79 Å². The number of rotatable bonds is 3. The summed E-state index contributed by atoms with van der Waals surface area (Å²) in [5.41, 5.74) is 7.22. The molecule has 0 radical (unpaired) electrons. The Morgan fingerprint density at radius 1 is 1.47 bits per heavy atom. The number of nitrogen functional groups attached to an aromatic ring is 1. The quantitative estimate of drug-likeness (QED) is 0.733. The minimum atomic E-state index is -0.403. The Hall–Kier alpha value is -2.50. The van der Waals surface area contributed by atoms with Gasteiger partial charge in [0.05, 0.1) is 5.69 Å². The standard InChI is InChI=1S/C13H16N4O2/c1-3-17-12(14)7-10(16-17)13(19)15-9-6-8(2)4-5-11(9)18/h4-7,18H,3,14H2,1-2H3,(H,15,19). The van der Waals surface area contributed by atoms with Gasteiger partial charge in [0.25, 0.3) is 5.91 Å². The Kier molecular flexibility index (Phi) is 3.41. The Morgan fingerprint density at radius 3 is 2.84 bits per heavy atom. The van der Waals surface area contributed by atoms with Crippen LogP contribution in [0.3, 0.4) is 0 Å². The number of amides is 1. The van der Waals surface area contributed by atoms with E-state index < -0.39 is 5.91 Å². The smallest absolute Gasteiger partial charge is 0.276 e. The van der Waals surface area contributed by atoms with Crippen molar-refractivity contribution in [1.29, 1.82) is 0 Å². The predicted octanol–water partition coefficient (Wildman–Crippen LogP) is 1.75. The highest BCUT2D eigenvalue weighted by atomic mass is 16.3. The Labute approximate surface area is 110 Å². The molecule has 19 heavy (non-hydrogen) atoms. The zero-order valence-corrected chi connectivity index (χ0v) is 10.8. The lowest BCUT2D eigenvalue weighted by Gasteiger charge is -2.06. The summed E-state index contributed by atoms with van der Waals surface area (Å²) >= 11 is 0. The highest BCUT2D eigenvalue weighted by Crippen LogP contribution is 2.24. The van der Waals surface area contributed by atoms with Gasteiger partial charge in [0.2, 0.25) is 0 Å². The maximum Gasteiger partial charge on any atom is 0.276 e. The second kappa shape index (κ2) is 5.01. The number of aromatic hydroxyl groups is 1. The summed E-state index contributed by atoms with van der Waals surface area (Å²) in [7, 11) is 0. The molecule has 1 aromatic carbocycles. The number of hydrogen-bond donors (Lipinski definition) is 3. The summed E-state index contributed by atoms with van der Waals surface area (Å²) in [6.45, 7) is 4.35. The van der Waals surface area contributed by atoms with Crippen LogP contribution in [0.15, 0.2) is 24.3 Å². The number of carbonyl (C=O) groups excluding carboxylic acids is 1. The van der Waals surface area contributed by atoms with Crippen LogP contribution in [0, 0.1) is 6.92 Å². The molecule has 6 nitrogen and oxygen atoms in total. The van der Waals surface area contributed by atoms with Gasteiger partial charge in [-0.15, -0.1) is 0 Å². The van der Waals surface area contributed by atoms with E-state index in [1.165, 1.54) is 16.8 Å². The van der Waals surface area contributed by atoms with Crippen LogP contribution in [-0.2, 0) is 6.54 Å². The highest BCUT2D eigenvalue weighted by Gasteiger charge is 2.14. The molecule has 0 aliphatic heterocycles. The maximum absolute atomic E-state index is 12.0. The van der Waals surface area contributed by atoms with Gasteiger partial charge >= 0.3 is 0 Å². The third-order valence-corrected chi connectivity index (χ3v) is 2.74. The number of hydrogen-bond acceptors (Lipinski definition) is 4. The van der Waals surface area contributed by atoms with Gasteiger partial charge in [0.1, 0.15) is 11.6 Å². The van der Waals surface area contributed by atoms with Gasteiger partial charge in [-0.1, -0.05) is 6.07 Å². The van der Waals surface area contributed by atoms with E-state index in [9.17, 15) is 9.90 Å². The van der Waals surface area contributed by atoms with Crippen LogP contribution in [0.5, 0.6) is 5.75 Å². The molecule has 4 N–H and O–H groups in total. The molecule has 1 aromatic heterocycles. The van der Waals surface area contributed by atoms with Crippen LogP contribution in [-0.4, -0.2) is 20.8 Å². The van der Waals surface area contributed by atoms with Crippen molar-refractivity contribution in [3.63, 3.8) is 0 Å². The molecule has 6 heteroatoms. The van der Waals surface area contributed by atoms with Crippen LogP contribution in [0.1, 0.15) is 23.0 Å². The Morgan fingerprint density at radius 2 is 2.21 bits per heavy atom. The number of nitrogens with zero attached hydrogens (tertiary/aromatic N) is 2.